The Balaban J connectivity index is 0.000000581. The number of hydrogen-bond donors (Lipinski definition) is 1. The van der Waals surface area contributed by atoms with E-state index in [1.165, 1.54) is 0 Å². The summed E-state index contributed by atoms with van der Waals surface area (Å²) in [6, 6.07) is 7.37. The zero-order chi connectivity index (χ0) is 13.3. The summed E-state index contributed by atoms with van der Waals surface area (Å²) in [5.41, 5.74) is 1.30. The van der Waals surface area contributed by atoms with E-state index in [2.05, 4.69) is 4.98 Å². The van der Waals surface area contributed by atoms with Gasteiger partial charge in [0.1, 0.15) is 0 Å². The molecule has 0 unspecified atom stereocenters. The molecule has 0 spiro atoms. The van der Waals surface area contributed by atoms with Gasteiger partial charge in [0.15, 0.2) is 6.29 Å². The number of aromatic nitrogens is 1. The number of para-hydroxylation sites is 1. The Labute approximate surface area is 102 Å². The first-order valence-corrected chi connectivity index (χ1v) is 5.88. The van der Waals surface area contributed by atoms with E-state index >= 15 is 0 Å². The van der Waals surface area contributed by atoms with Crippen molar-refractivity contribution in [2.75, 3.05) is 0 Å². The van der Waals surface area contributed by atoms with Gasteiger partial charge in [0.2, 0.25) is 5.78 Å². The smallest absolute Gasteiger partial charge is 0.227 e. The monoisotopic (exact) mass is 233 g/mol. The van der Waals surface area contributed by atoms with Crippen molar-refractivity contribution in [1.29, 1.82) is 0 Å². The van der Waals surface area contributed by atoms with Gasteiger partial charge >= 0.3 is 0 Å². The van der Waals surface area contributed by atoms with Crippen LogP contribution in [-0.4, -0.2) is 17.1 Å². The molecule has 0 saturated heterocycles. The Kier molecular flexibility index (Phi) is 7.35. The highest BCUT2D eigenvalue weighted by Crippen LogP contribution is 2.17. The second kappa shape index (κ2) is 8.28. The standard InChI is InChI=1S/C10H7NO2.2C2H6/c12-6-10(13)8-5-11-9-4-2-1-3-7(8)9;2*1-2/h1-6,11H;2*1-2H3. The number of aldehydes is 1. The molecule has 1 aromatic carbocycles. The molecule has 17 heavy (non-hydrogen) atoms. The van der Waals surface area contributed by atoms with Crippen LogP contribution in [0.4, 0.5) is 0 Å². The first-order chi connectivity index (χ1) is 8.33. The predicted octanol–water partition coefficient (Wildman–Crippen LogP) is 3.60. The van der Waals surface area contributed by atoms with Crippen molar-refractivity contribution in [2.45, 2.75) is 27.7 Å². The molecule has 2 rings (SSSR count). The molecule has 0 bridgehead atoms. The first kappa shape index (κ1) is 15.1. The summed E-state index contributed by atoms with van der Waals surface area (Å²) in [6.07, 6.45) is 1.89. The number of rotatable bonds is 2. The highest BCUT2D eigenvalue weighted by molar-refractivity contribution is 6.36. The second-order valence-electron chi connectivity index (χ2n) is 2.73. The molecule has 0 saturated carbocycles. The number of Topliss-reactive ketones (excluding diaryl/α,β-unsaturated/α-hetero) is 1. The van der Waals surface area contributed by atoms with Crippen LogP contribution in [0.1, 0.15) is 38.1 Å². The topological polar surface area (TPSA) is 49.9 Å². The third kappa shape index (κ3) is 3.55. The average molecular weight is 233 g/mol. The molecule has 0 fully saturated rings. The summed E-state index contributed by atoms with van der Waals surface area (Å²) in [5.74, 6) is -0.488. The molecule has 0 atom stereocenters. The highest BCUT2D eigenvalue weighted by Gasteiger charge is 2.09. The number of ketones is 1. The van der Waals surface area contributed by atoms with Gasteiger partial charge in [0, 0.05) is 17.1 Å². The molecular weight excluding hydrogens is 214 g/mol. The van der Waals surface area contributed by atoms with Crippen LogP contribution in [0, 0.1) is 0 Å². The van der Waals surface area contributed by atoms with Gasteiger partial charge in [-0.2, -0.15) is 0 Å². The van der Waals surface area contributed by atoms with Gasteiger partial charge in [-0.15, -0.1) is 0 Å². The number of benzene rings is 1. The summed E-state index contributed by atoms with van der Waals surface area (Å²) in [5, 5.41) is 0.791. The fraction of sp³-hybridized carbons (Fsp3) is 0.286. The molecule has 0 aliphatic rings. The van der Waals surface area contributed by atoms with Crippen LogP contribution in [0.3, 0.4) is 0 Å². The van der Waals surface area contributed by atoms with E-state index in [4.69, 9.17) is 0 Å². The largest absolute Gasteiger partial charge is 0.360 e. The van der Waals surface area contributed by atoms with E-state index in [9.17, 15) is 9.59 Å². The molecule has 2 aromatic rings. The van der Waals surface area contributed by atoms with Crippen LogP contribution in [-0.2, 0) is 4.79 Å². The lowest BCUT2D eigenvalue weighted by molar-refractivity contribution is -0.104. The zero-order valence-electron chi connectivity index (χ0n) is 10.8. The van der Waals surface area contributed by atoms with Crippen molar-refractivity contribution >= 4 is 23.0 Å². The van der Waals surface area contributed by atoms with E-state index in [0.717, 1.165) is 10.9 Å². The van der Waals surface area contributed by atoms with Gasteiger partial charge in [0.25, 0.3) is 0 Å². The number of carbonyl (C=O) groups is 2. The van der Waals surface area contributed by atoms with Gasteiger partial charge in [-0.05, 0) is 6.07 Å². The Hall–Kier alpha value is -1.90. The number of carbonyl (C=O) groups excluding carboxylic acids is 2. The molecule has 0 aliphatic heterocycles. The number of H-pyrrole nitrogens is 1. The van der Waals surface area contributed by atoms with Crippen LogP contribution in [0.2, 0.25) is 0 Å². The first-order valence-electron chi connectivity index (χ1n) is 5.88. The number of fused-ring (bicyclic) bond motifs is 1. The van der Waals surface area contributed by atoms with Crippen LogP contribution in [0.15, 0.2) is 30.5 Å². The average Bonchev–Trinajstić information content (AvgIpc) is 2.86. The normalized spacial score (nSPS) is 8.47. The van der Waals surface area contributed by atoms with Crippen LogP contribution in [0.25, 0.3) is 10.9 Å². The summed E-state index contributed by atoms with van der Waals surface area (Å²) >= 11 is 0. The van der Waals surface area contributed by atoms with Gasteiger partial charge < -0.3 is 4.98 Å². The SMILES string of the molecule is CC.CC.O=CC(=O)c1c[nH]c2ccccc12. The molecule has 1 heterocycles. The molecule has 0 amide bonds. The maximum atomic E-state index is 11.1. The van der Waals surface area contributed by atoms with Gasteiger partial charge in [0.05, 0.1) is 5.56 Å². The maximum Gasteiger partial charge on any atom is 0.227 e. The summed E-state index contributed by atoms with van der Waals surface area (Å²) in [4.78, 5) is 24.3. The Morgan fingerprint density at radius 3 is 2.29 bits per heavy atom. The van der Waals surface area contributed by atoms with E-state index in [-0.39, 0.29) is 0 Å². The molecular formula is C14H19NO2. The Bertz CT molecular complexity index is 472. The second-order valence-corrected chi connectivity index (χ2v) is 2.73. The lowest BCUT2D eigenvalue weighted by atomic mass is 10.1. The highest BCUT2D eigenvalue weighted by atomic mass is 16.2. The summed E-state index contributed by atoms with van der Waals surface area (Å²) in [7, 11) is 0. The van der Waals surface area contributed by atoms with Gasteiger partial charge in [-0.25, -0.2) is 0 Å². The lowest BCUT2D eigenvalue weighted by Gasteiger charge is -1.89. The van der Waals surface area contributed by atoms with Crippen molar-refractivity contribution < 1.29 is 9.59 Å². The van der Waals surface area contributed by atoms with Crippen LogP contribution < -0.4 is 0 Å². The maximum absolute atomic E-state index is 11.1. The number of nitrogens with one attached hydrogen (secondary N) is 1. The molecule has 0 aliphatic carbocycles. The van der Waals surface area contributed by atoms with Crippen LogP contribution in [0.5, 0.6) is 0 Å². The molecule has 0 radical (unpaired) electrons. The van der Waals surface area contributed by atoms with Crippen molar-refractivity contribution in [1.82, 2.24) is 4.98 Å². The third-order valence-corrected chi connectivity index (χ3v) is 1.96. The predicted molar refractivity (Wildman–Crippen MR) is 71.4 cm³/mol. The molecule has 1 N–H and O–H groups in total. The van der Waals surface area contributed by atoms with Gasteiger partial charge in [-0.3, -0.25) is 9.59 Å². The third-order valence-electron chi connectivity index (χ3n) is 1.96. The Morgan fingerprint density at radius 2 is 1.71 bits per heavy atom. The number of hydrogen-bond acceptors (Lipinski definition) is 2. The van der Waals surface area contributed by atoms with Crippen LogP contribution >= 0.6 is 0 Å². The van der Waals surface area contributed by atoms with E-state index in [0.29, 0.717) is 11.8 Å². The fourth-order valence-corrected chi connectivity index (χ4v) is 1.34. The van der Waals surface area contributed by atoms with E-state index < -0.39 is 5.78 Å². The van der Waals surface area contributed by atoms with Crippen molar-refractivity contribution in [3.63, 3.8) is 0 Å². The Morgan fingerprint density at radius 1 is 1.12 bits per heavy atom. The lowest BCUT2D eigenvalue weighted by Crippen LogP contribution is -1.97. The van der Waals surface area contributed by atoms with E-state index in [1.54, 1.807) is 6.20 Å². The molecule has 3 nitrogen and oxygen atoms in total. The fourth-order valence-electron chi connectivity index (χ4n) is 1.34. The summed E-state index contributed by atoms with van der Waals surface area (Å²) < 4.78 is 0. The van der Waals surface area contributed by atoms with Crippen molar-refractivity contribution in [3.05, 3.63) is 36.0 Å². The van der Waals surface area contributed by atoms with Gasteiger partial charge in [-0.1, -0.05) is 45.9 Å². The zero-order valence-corrected chi connectivity index (χ0v) is 10.8. The molecule has 3 heteroatoms. The van der Waals surface area contributed by atoms with E-state index in [1.807, 2.05) is 52.0 Å². The minimum Gasteiger partial charge on any atom is -0.360 e. The summed E-state index contributed by atoms with van der Waals surface area (Å²) in [6.45, 7) is 8.00. The quantitative estimate of drug-likeness (QED) is 0.489. The minimum atomic E-state index is -0.488. The number of aromatic amines is 1. The molecule has 92 valence electrons. The van der Waals surface area contributed by atoms with Crippen molar-refractivity contribution in [3.8, 4) is 0 Å². The van der Waals surface area contributed by atoms with Crippen molar-refractivity contribution in [2.24, 2.45) is 0 Å². The molecule has 1 aromatic heterocycles. The minimum absolute atomic E-state index is 0.329.